The Balaban J connectivity index is 1.61. The lowest BCUT2D eigenvalue weighted by molar-refractivity contribution is 0.277. The molecule has 3 heterocycles. The van der Waals surface area contributed by atoms with Crippen LogP contribution in [0.3, 0.4) is 0 Å². The third-order valence-corrected chi connectivity index (χ3v) is 7.88. The average molecular weight is 640 g/mol. The van der Waals surface area contributed by atoms with Crippen LogP contribution in [0.5, 0.6) is 0 Å². The van der Waals surface area contributed by atoms with Crippen molar-refractivity contribution >= 4 is 28.5 Å². The number of rotatable bonds is 16. The fraction of sp³-hybridized carbons (Fsp3) is 0.438. The molecule has 1 aromatic carbocycles. The maximum atomic E-state index is 15.2. The largest absolute Gasteiger partial charge is 0.392 e. The normalized spacial score (nSPS) is 13.4. The summed E-state index contributed by atoms with van der Waals surface area (Å²) in [4.78, 5) is 29.3. The molecule has 2 atom stereocenters. The second-order valence-corrected chi connectivity index (χ2v) is 11.7. The number of nitrogens with zero attached hydrogens (tertiary/aromatic N) is 4. The number of pyridine rings is 1. The molecular weight excluding hydrogens is 597 g/mol. The minimum Gasteiger partial charge on any atom is -0.392 e. The predicted molar refractivity (Wildman–Crippen MR) is 178 cm³/mol. The summed E-state index contributed by atoms with van der Waals surface area (Å²) >= 11 is 6.25. The number of aliphatic imine (C=N–C) groups is 1. The number of aromatic amines is 1. The molecule has 0 radical (unpaired) electrons. The highest BCUT2D eigenvalue weighted by Crippen LogP contribution is 2.31. The lowest BCUT2D eigenvalue weighted by Crippen LogP contribution is -2.27. The van der Waals surface area contributed by atoms with Gasteiger partial charge in [0.25, 0.3) is 0 Å². The monoisotopic (exact) mass is 639 g/mol. The molecule has 3 aromatic heterocycles. The average Bonchev–Trinajstić information content (AvgIpc) is 3.43. The van der Waals surface area contributed by atoms with Gasteiger partial charge in [-0.2, -0.15) is 4.98 Å². The molecule has 0 amide bonds. The van der Waals surface area contributed by atoms with E-state index in [1.807, 2.05) is 6.92 Å². The van der Waals surface area contributed by atoms with Gasteiger partial charge in [0.15, 0.2) is 5.82 Å². The number of halogens is 2. The lowest BCUT2D eigenvalue weighted by Gasteiger charge is -2.21. The van der Waals surface area contributed by atoms with Gasteiger partial charge in [-0.3, -0.25) is 14.5 Å². The highest BCUT2D eigenvalue weighted by molar-refractivity contribution is 6.31. The van der Waals surface area contributed by atoms with Crippen LogP contribution in [0.15, 0.2) is 46.4 Å². The molecule has 0 saturated carbocycles. The number of nitrogens with one attached hydrogen (secondary N) is 2. The Kier molecular flexibility index (Phi) is 12.2. The van der Waals surface area contributed by atoms with Gasteiger partial charge in [-0.05, 0) is 75.4 Å². The summed E-state index contributed by atoms with van der Waals surface area (Å²) in [5, 5.41) is 14.4. The van der Waals surface area contributed by atoms with Crippen LogP contribution in [0, 0.1) is 5.82 Å². The Morgan fingerprint density at radius 3 is 2.76 bits per heavy atom. The van der Waals surface area contributed by atoms with Gasteiger partial charge in [-0.15, -0.1) is 0 Å². The number of nitrogens with two attached hydrogens (primary N) is 3. The Hall–Kier alpha value is -3.68. The second kappa shape index (κ2) is 16.1. The minimum absolute atomic E-state index is 0.0258. The van der Waals surface area contributed by atoms with Crippen LogP contribution in [-0.4, -0.2) is 56.1 Å². The Bertz CT molecular complexity index is 1690. The minimum atomic E-state index is -0.551. The highest BCUT2D eigenvalue weighted by atomic mass is 35.5. The molecule has 45 heavy (non-hydrogen) atoms. The molecular formula is C32H43ClFN9O2. The number of hydrogen-bond donors (Lipinski definition) is 6. The van der Waals surface area contributed by atoms with Gasteiger partial charge >= 0.3 is 5.69 Å². The zero-order chi connectivity index (χ0) is 32.5. The van der Waals surface area contributed by atoms with Crippen molar-refractivity contribution in [2.45, 2.75) is 71.1 Å². The SMILES string of the molecule is CCCC(NCCCN=C(N)CN)c1ncc(-n2cc3cc(-c4cc(CCCC(C)N)cc(Cl)c4F)[nH]c3nc2=O)cc1CO. The number of amidine groups is 1. The van der Waals surface area contributed by atoms with Crippen LogP contribution in [0.2, 0.25) is 5.02 Å². The van der Waals surface area contributed by atoms with Crippen molar-refractivity contribution in [1.29, 1.82) is 0 Å². The van der Waals surface area contributed by atoms with Crippen molar-refractivity contribution in [1.82, 2.24) is 24.8 Å². The number of aliphatic hydroxyl groups is 1. The summed E-state index contributed by atoms with van der Waals surface area (Å²) in [6.45, 7) is 5.25. The van der Waals surface area contributed by atoms with Crippen molar-refractivity contribution in [2.24, 2.45) is 22.2 Å². The number of aryl methyl sites for hydroxylation is 1. The van der Waals surface area contributed by atoms with Crippen molar-refractivity contribution < 1.29 is 9.50 Å². The van der Waals surface area contributed by atoms with Gasteiger partial charge < -0.3 is 32.6 Å². The van der Waals surface area contributed by atoms with Gasteiger partial charge in [0, 0.05) is 41.3 Å². The van der Waals surface area contributed by atoms with Crippen LogP contribution >= 0.6 is 11.6 Å². The van der Waals surface area contributed by atoms with E-state index in [1.165, 1.54) is 4.57 Å². The van der Waals surface area contributed by atoms with Crippen LogP contribution in [0.4, 0.5) is 4.39 Å². The molecule has 0 saturated heterocycles. The number of benzene rings is 1. The predicted octanol–water partition coefficient (Wildman–Crippen LogP) is 3.87. The summed E-state index contributed by atoms with van der Waals surface area (Å²) in [5.74, 6) is -0.127. The van der Waals surface area contributed by atoms with Crippen molar-refractivity contribution in [2.75, 3.05) is 19.6 Å². The van der Waals surface area contributed by atoms with E-state index < -0.39 is 11.5 Å². The van der Waals surface area contributed by atoms with Gasteiger partial charge in [0.2, 0.25) is 0 Å². The Morgan fingerprint density at radius 1 is 1.24 bits per heavy atom. The number of aliphatic hydroxyl groups excluding tert-OH is 1. The van der Waals surface area contributed by atoms with E-state index in [4.69, 9.17) is 28.8 Å². The van der Waals surface area contributed by atoms with Gasteiger partial charge in [-0.1, -0.05) is 24.9 Å². The van der Waals surface area contributed by atoms with E-state index in [-0.39, 0.29) is 30.3 Å². The zero-order valence-corrected chi connectivity index (χ0v) is 26.6. The van der Waals surface area contributed by atoms with Gasteiger partial charge in [-0.25, -0.2) is 9.18 Å². The standard InChI is InChI=1S/C32H43ClFN9O2/c1-3-6-26(38-9-5-10-39-28(37)15-35)30-22(18-44)13-23(16-40-30)43-17-21-14-27(41-31(21)42-32(43)45)24-11-20(8-4-7-19(2)36)12-25(33)29(24)34/h11-14,16-17,19,26,38,44H,3-10,15,18,35-36H2,1-2H3,(H2,37,39)(H,41,42,45). The van der Waals surface area contributed by atoms with Gasteiger partial charge in [0.05, 0.1) is 41.4 Å². The smallest absolute Gasteiger partial charge is 0.354 e. The quantitative estimate of drug-likeness (QED) is 0.0606. The van der Waals surface area contributed by atoms with E-state index in [2.05, 4.69) is 32.2 Å². The van der Waals surface area contributed by atoms with Crippen molar-refractivity contribution in [3.05, 3.63) is 74.8 Å². The first-order valence-electron chi connectivity index (χ1n) is 15.3. The summed E-state index contributed by atoms with van der Waals surface area (Å²) in [7, 11) is 0. The molecule has 0 bridgehead atoms. The molecule has 0 aliphatic carbocycles. The van der Waals surface area contributed by atoms with E-state index in [9.17, 15) is 9.90 Å². The Morgan fingerprint density at radius 2 is 2.04 bits per heavy atom. The van der Waals surface area contributed by atoms with E-state index in [0.29, 0.717) is 64.6 Å². The molecule has 2 unspecified atom stereocenters. The molecule has 4 rings (SSSR count). The van der Waals surface area contributed by atoms with E-state index >= 15 is 4.39 Å². The number of hydrogen-bond acceptors (Lipinski definition) is 8. The summed E-state index contributed by atoms with van der Waals surface area (Å²) in [5.41, 5.74) is 20.2. The lowest BCUT2D eigenvalue weighted by atomic mass is 10.0. The topological polar surface area (TPSA) is 186 Å². The van der Waals surface area contributed by atoms with Crippen molar-refractivity contribution in [3.63, 3.8) is 0 Å². The third-order valence-electron chi connectivity index (χ3n) is 7.60. The van der Waals surface area contributed by atoms with E-state index in [1.54, 1.807) is 36.7 Å². The maximum Gasteiger partial charge on any atom is 0.354 e. The molecule has 242 valence electrons. The summed E-state index contributed by atoms with van der Waals surface area (Å²) in [6, 6.07) is 6.87. The Labute approximate surface area is 267 Å². The first-order chi connectivity index (χ1) is 21.6. The molecule has 4 aromatic rings. The number of aromatic nitrogens is 4. The summed E-state index contributed by atoms with van der Waals surface area (Å²) in [6.07, 6.45) is 8.11. The molecule has 0 fully saturated rings. The number of H-pyrrole nitrogens is 1. The molecule has 9 N–H and O–H groups in total. The van der Waals surface area contributed by atoms with Crippen molar-refractivity contribution in [3.8, 4) is 16.9 Å². The first-order valence-corrected chi connectivity index (χ1v) is 15.7. The molecule has 11 nitrogen and oxygen atoms in total. The third kappa shape index (κ3) is 8.74. The van der Waals surface area contributed by atoms with Gasteiger partial charge in [0.1, 0.15) is 11.5 Å². The second-order valence-electron chi connectivity index (χ2n) is 11.3. The van der Waals surface area contributed by atoms with Crippen LogP contribution in [0.1, 0.15) is 68.8 Å². The summed E-state index contributed by atoms with van der Waals surface area (Å²) < 4.78 is 16.5. The van der Waals surface area contributed by atoms with Crippen LogP contribution < -0.4 is 28.2 Å². The molecule has 13 heteroatoms. The zero-order valence-electron chi connectivity index (χ0n) is 25.8. The highest BCUT2D eigenvalue weighted by Gasteiger charge is 2.19. The molecule has 0 spiro atoms. The molecule has 0 aliphatic rings. The molecule has 0 aliphatic heterocycles. The number of fused-ring (bicyclic) bond motifs is 1. The van der Waals surface area contributed by atoms with Crippen LogP contribution in [0.25, 0.3) is 28.0 Å². The van der Waals surface area contributed by atoms with E-state index in [0.717, 1.165) is 37.7 Å². The fourth-order valence-electron chi connectivity index (χ4n) is 5.29. The first kappa shape index (κ1) is 34.2. The fourth-order valence-corrected chi connectivity index (χ4v) is 5.53. The maximum absolute atomic E-state index is 15.2. The van der Waals surface area contributed by atoms with Crippen LogP contribution in [-0.2, 0) is 13.0 Å².